The molecule has 1 saturated heterocycles. The van der Waals surface area contributed by atoms with E-state index in [9.17, 15) is 4.79 Å². The lowest BCUT2D eigenvalue weighted by Gasteiger charge is -2.16. The number of rotatable bonds is 8. The average Bonchev–Trinajstić information content (AvgIpc) is 3.18. The number of thioether (sulfide) groups is 1. The number of aliphatic carboxylic acids is 1. The van der Waals surface area contributed by atoms with Gasteiger partial charge in [-0.3, -0.25) is 10.1 Å². The summed E-state index contributed by atoms with van der Waals surface area (Å²) >= 11 is 1.57. The third kappa shape index (κ3) is 4.91. The molecule has 0 saturated carbocycles. The van der Waals surface area contributed by atoms with Crippen molar-refractivity contribution in [2.75, 3.05) is 26.1 Å². The van der Waals surface area contributed by atoms with Crippen LogP contribution in [0.1, 0.15) is 22.1 Å². The Kier molecular flexibility index (Phi) is 6.70. The van der Waals surface area contributed by atoms with Crippen molar-refractivity contribution in [3.8, 4) is 17.2 Å². The molecule has 6 nitrogen and oxygen atoms in total. The molecular formula is C21H25NO5S. The fraction of sp³-hybridized carbons (Fsp3) is 0.381. The van der Waals surface area contributed by atoms with Crippen LogP contribution >= 0.6 is 11.8 Å². The lowest BCUT2D eigenvalue weighted by atomic mass is 10.1. The molecule has 1 aliphatic rings. The summed E-state index contributed by atoms with van der Waals surface area (Å²) in [4.78, 5) is 11.1. The highest BCUT2D eigenvalue weighted by Crippen LogP contribution is 2.37. The molecule has 150 valence electrons. The highest BCUT2D eigenvalue weighted by Gasteiger charge is 2.30. The Bertz CT molecular complexity index is 842. The van der Waals surface area contributed by atoms with Gasteiger partial charge < -0.3 is 19.3 Å². The number of carbonyl (C=O) groups is 1. The Morgan fingerprint density at radius 3 is 2.54 bits per heavy atom. The van der Waals surface area contributed by atoms with Gasteiger partial charge in [-0.2, -0.15) is 0 Å². The standard InChI is InChI=1S/C21H25NO5S/c1-13-4-5-14(2)18(10-13)27-9-8-26-17-7-6-15(11-19(17)25-3)20-22-16(12-28-20)21(23)24/h4-7,10-11,16,20,22H,8-9,12H2,1-3H3,(H,23,24). The molecule has 2 aromatic carbocycles. The molecule has 7 heteroatoms. The van der Waals surface area contributed by atoms with Crippen LogP contribution in [0.3, 0.4) is 0 Å². The van der Waals surface area contributed by atoms with Gasteiger partial charge in [0.05, 0.1) is 12.5 Å². The minimum absolute atomic E-state index is 0.0725. The molecule has 0 amide bonds. The van der Waals surface area contributed by atoms with Gasteiger partial charge in [0.15, 0.2) is 11.5 Å². The minimum atomic E-state index is -0.828. The van der Waals surface area contributed by atoms with Crippen LogP contribution in [0.15, 0.2) is 36.4 Å². The molecule has 0 radical (unpaired) electrons. The van der Waals surface area contributed by atoms with E-state index in [0.29, 0.717) is 30.5 Å². The van der Waals surface area contributed by atoms with Crippen LogP contribution in [0.2, 0.25) is 0 Å². The predicted octanol–water partition coefficient (Wildman–Crippen LogP) is 3.56. The molecular weight excluding hydrogens is 378 g/mol. The Morgan fingerprint density at radius 1 is 1.11 bits per heavy atom. The molecule has 0 aliphatic carbocycles. The predicted molar refractivity (Wildman–Crippen MR) is 110 cm³/mol. The number of ether oxygens (including phenoxy) is 3. The molecule has 3 rings (SSSR count). The second-order valence-electron chi connectivity index (χ2n) is 6.65. The minimum Gasteiger partial charge on any atom is -0.493 e. The molecule has 1 heterocycles. The lowest BCUT2D eigenvalue weighted by Crippen LogP contribution is -2.33. The van der Waals surface area contributed by atoms with Crippen LogP contribution in [0.25, 0.3) is 0 Å². The van der Waals surface area contributed by atoms with Crippen LogP contribution < -0.4 is 19.5 Å². The summed E-state index contributed by atoms with van der Waals surface area (Å²) in [6.07, 6.45) is 0. The number of aryl methyl sites for hydroxylation is 2. The zero-order valence-electron chi connectivity index (χ0n) is 16.2. The zero-order chi connectivity index (χ0) is 20.1. The number of benzene rings is 2. The molecule has 0 bridgehead atoms. The molecule has 28 heavy (non-hydrogen) atoms. The maximum absolute atomic E-state index is 11.1. The van der Waals surface area contributed by atoms with E-state index in [4.69, 9.17) is 19.3 Å². The molecule has 1 fully saturated rings. The van der Waals surface area contributed by atoms with Gasteiger partial charge in [0.1, 0.15) is 25.0 Å². The first-order valence-corrected chi connectivity index (χ1v) is 10.1. The van der Waals surface area contributed by atoms with Gasteiger partial charge >= 0.3 is 5.97 Å². The number of carboxylic acids is 1. The van der Waals surface area contributed by atoms with E-state index >= 15 is 0 Å². The normalized spacial score (nSPS) is 18.7. The van der Waals surface area contributed by atoms with Crippen LogP contribution in [0, 0.1) is 13.8 Å². The van der Waals surface area contributed by atoms with E-state index in [-0.39, 0.29) is 5.37 Å². The van der Waals surface area contributed by atoms with Crippen LogP contribution in [-0.4, -0.2) is 43.2 Å². The van der Waals surface area contributed by atoms with E-state index in [1.807, 2.05) is 44.2 Å². The van der Waals surface area contributed by atoms with Gasteiger partial charge in [0, 0.05) is 5.75 Å². The first kappa shape index (κ1) is 20.4. The summed E-state index contributed by atoms with van der Waals surface area (Å²) < 4.78 is 17.1. The van der Waals surface area contributed by atoms with Crippen molar-refractivity contribution in [3.63, 3.8) is 0 Å². The van der Waals surface area contributed by atoms with Crippen LogP contribution in [0.5, 0.6) is 17.2 Å². The van der Waals surface area contributed by atoms with Crippen molar-refractivity contribution in [2.45, 2.75) is 25.3 Å². The number of methoxy groups -OCH3 is 1. The van der Waals surface area contributed by atoms with Crippen molar-refractivity contribution in [2.24, 2.45) is 0 Å². The molecule has 2 N–H and O–H groups in total. The zero-order valence-corrected chi connectivity index (χ0v) is 17.0. The topological polar surface area (TPSA) is 77.0 Å². The fourth-order valence-electron chi connectivity index (χ4n) is 2.94. The van der Waals surface area contributed by atoms with E-state index < -0.39 is 12.0 Å². The number of nitrogens with one attached hydrogen (secondary N) is 1. The van der Waals surface area contributed by atoms with Gasteiger partial charge in [-0.25, -0.2) is 0 Å². The van der Waals surface area contributed by atoms with Crippen molar-refractivity contribution in [3.05, 3.63) is 53.1 Å². The van der Waals surface area contributed by atoms with Crippen LogP contribution in [0.4, 0.5) is 0 Å². The van der Waals surface area contributed by atoms with Gasteiger partial charge in [-0.1, -0.05) is 18.2 Å². The van der Waals surface area contributed by atoms with Gasteiger partial charge in [-0.05, 0) is 48.7 Å². The summed E-state index contributed by atoms with van der Waals surface area (Å²) in [6, 6.07) is 11.2. The number of carboxylic acid groups (broad SMARTS) is 1. The smallest absolute Gasteiger partial charge is 0.321 e. The summed E-state index contributed by atoms with van der Waals surface area (Å²) in [7, 11) is 1.59. The van der Waals surface area contributed by atoms with Crippen molar-refractivity contribution in [1.82, 2.24) is 5.32 Å². The van der Waals surface area contributed by atoms with Gasteiger partial charge in [-0.15, -0.1) is 11.8 Å². The Morgan fingerprint density at radius 2 is 1.86 bits per heavy atom. The quantitative estimate of drug-likeness (QED) is 0.653. The highest BCUT2D eigenvalue weighted by molar-refractivity contribution is 7.99. The van der Waals surface area contributed by atoms with Crippen LogP contribution in [-0.2, 0) is 4.79 Å². The average molecular weight is 404 g/mol. The van der Waals surface area contributed by atoms with Gasteiger partial charge in [0.2, 0.25) is 0 Å². The van der Waals surface area contributed by atoms with E-state index in [1.165, 1.54) is 0 Å². The molecule has 2 atom stereocenters. The largest absolute Gasteiger partial charge is 0.493 e. The molecule has 1 aliphatic heterocycles. The second-order valence-corrected chi connectivity index (χ2v) is 7.79. The second kappa shape index (κ2) is 9.21. The van der Waals surface area contributed by atoms with Crippen molar-refractivity contribution >= 4 is 17.7 Å². The Labute approximate surface area is 169 Å². The van der Waals surface area contributed by atoms with E-state index in [0.717, 1.165) is 22.4 Å². The lowest BCUT2D eigenvalue weighted by molar-refractivity contribution is -0.138. The SMILES string of the molecule is COc1cc(C2NC(C(=O)O)CS2)ccc1OCCOc1cc(C)ccc1C. The fourth-order valence-corrected chi connectivity index (χ4v) is 4.16. The van der Waals surface area contributed by atoms with E-state index in [2.05, 4.69) is 11.4 Å². The Hall–Kier alpha value is -2.38. The van der Waals surface area contributed by atoms with Crippen molar-refractivity contribution in [1.29, 1.82) is 0 Å². The molecule has 2 unspecified atom stereocenters. The third-order valence-corrected chi connectivity index (χ3v) is 5.78. The monoisotopic (exact) mass is 403 g/mol. The molecule has 0 aromatic heterocycles. The molecule has 2 aromatic rings. The maximum Gasteiger partial charge on any atom is 0.321 e. The summed E-state index contributed by atoms with van der Waals surface area (Å²) in [5.41, 5.74) is 3.21. The summed E-state index contributed by atoms with van der Waals surface area (Å²) in [5, 5.41) is 12.2. The summed E-state index contributed by atoms with van der Waals surface area (Å²) in [6.45, 7) is 4.86. The molecule has 0 spiro atoms. The first-order valence-electron chi connectivity index (χ1n) is 9.09. The van der Waals surface area contributed by atoms with Gasteiger partial charge in [0.25, 0.3) is 0 Å². The summed E-state index contributed by atoms with van der Waals surface area (Å²) in [5.74, 6) is 1.82. The third-order valence-electron chi connectivity index (χ3n) is 4.51. The highest BCUT2D eigenvalue weighted by atomic mass is 32.2. The Balaban J connectivity index is 1.57. The maximum atomic E-state index is 11.1. The number of hydrogen-bond acceptors (Lipinski definition) is 6. The van der Waals surface area contributed by atoms with Crippen molar-refractivity contribution < 1.29 is 24.1 Å². The first-order chi connectivity index (χ1) is 13.5. The van der Waals surface area contributed by atoms with E-state index in [1.54, 1.807) is 18.9 Å². The number of hydrogen-bond donors (Lipinski definition) is 2.